The molecular formula is C10H13ClN2O. The van der Waals surface area contributed by atoms with Crippen molar-refractivity contribution in [1.82, 2.24) is 0 Å². The fourth-order valence-corrected chi connectivity index (χ4v) is 1.11. The largest absolute Gasteiger partial charge is 0.497 e. The molecule has 1 aromatic rings. The van der Waals surface area contributed by atoms with E-state index in [4.69, 9.17) is 22.1 Å². The molecule has 14 heavy (non-hydrogen) atoms. The predicted molar refractivity (Wildman–Crippen MR) is 60.9 cm³/mol. The molecule has 4 heteroatoms. The van der Waals surface area contributed by atoms with E-state index in [0.717, 1.165) is 5.69 Å². The van der Waals surface area contributed by atoms with E-state index in [1.54, 1.807) is 13.2 Å². The minimum atomic E-state index is 0.508. The molecule has 0 heterocycles. The van der Waals surface area contributed by atoms with Crippen LogP contribution in [0.3, 0.4) is 0 Å². The molecule has 0 unspecified atom stereocenters. The summed E-state index contributed by atoms with van der Waals surface area (Å²) in [5, 5.41) is 3.62. The maximum absolute atomic E-state index is 5.67. The molecule has 0 aliphatic rings. The van der Waals surface area contributed by atoms with Gasteiger partial charge in [0.15, 0.2) is 0 Å². The molecule has 0 amide bonds. The van der Waals surface area contributed by atoms with Gasteiger partial charge in [-0.3, -0.25) is 0 Å². The van der Waals surface area contributed by atoms with Gasteiger partial charge >= 0.3 is 0 Å². The number of hydrogen-bond donors (Lipinski definition) is 2. The van der Waals surface area contributed by atoms with Crippen LogP contribution in [0, 0.1) is 0 Å². The highest BCUT2D eigenvalue weighted by Crippen LogP contribution is 2.22. The summed E-state index contributed by atoms with van der Waals surface area (Å²) < 4.78 is 5.07. The van der Waals surface area contributed by atoms with Crippen molar-refractivity contribution in [3.05, 3.63) is 29.8 Å². The second-order valence-corrected chi connectivity index (χ2v) is 3.40. The number of nitrogens with one attached hydrogen (secondary N) is 1. The first-order valence-electron chi connectivity index (χ1n) is 4.13. The molecule has 0 aliphatic carbocycles. The lowest BCUT2D eigenvalue weighted by Crippen LogP contribution is -2.01. The van der Waals surface area contributed by atoms with E-state index in [1.165, 1.54) is 0 Å². The minimum absolute atomic E-state index is 0.508. The Kier molecular flexibility index (Phi) is 3.65. The molecule has 0 bridgehead atoms. The Morgan fingerprint density at radius 2 is 2.29 bits per heavy atom. The van der Waals surface area contributed by atoms with Gasteiger partial charge in [-0.1, -0.05) is 18.2 Å². The van der Waals surface area contributed by atoms with Gasteiger partial charge in [0.25, 0.3) is 0 Å². The topological polar surface area (TPSA) is 47.3 Å². The van der Waals surface area contributed by atoms with Crippen molar-refractivity contribution in [1.29, 1.82) is 0 Å². The number of benzene rings is 1. The molecule has 0 aromatic heterocycles. The molecule has 3 N–H and O–H groups in total. The molecule has 0 saturated carbocycles. The van der Waals surface area contributed by atoms with E-state index in [1.807, 2.05) is 12.1 Å². The minimum Gasteiger partial charge on any atom is -0.497 e. The van der Waals surface area contributed by atoms with Crippen LogP contribution in [0.25, 0.3) is 0 Å². The lowest BCUT2D eigenvalue weighted by Gasteiger charge is -2.08. The fourth-order valence-electron chi connectivity index (χ4n) is 1.04. The van der Waals surface area contributed by atoms with Gasteiger partial charge in [0.1, 0.15) is 5.75 Å². The first-order valence-corrected chi connectivity index (χ1v) is 4.51. The van der Waals surface area contributed by atoms with Crippen LogP contribution in [-0.2, 0) is 0 Å². The predicted octanol–water partition coefficient (Wildman–Crippen LogP) is 2.44. The first kappa shape index (κ1) is 10.7. The van der Waals surface area contributed by atoms with Crippen molar-refractivity contribution in [2.75, 3.05) is 24.7 Å². The number of methoxy groups -OCH3 is 1. The molecule has 0 fully saturated rings. The van der Waals surface area contributed by atoms with Crippen molar-refractivity contribution >= 4 is 23.0 Å². The average Bonchev–Trinajstić information content (AvgIpc) is 2.14. The van der Waals surface area contributed by atoms with Crippen LogP contribution in [0.4, 0.5) is 11.4 Å². The number of nitrogen functional groups attached to an aromatic ring is 1. The smallest absolute Gasteiger partial charge is 0.122 e. The highest BCUT2D eigenvalue weighted by molar-refractivity contribution is 6.29. The van der Waals surface area contributed by atoms with E-state index in [-0.39, 0.29) is 0 Å². The molecule has 0 atom stereocenters. The molecule has 0 aliphatic heterocycles. The van der Waals surface area contributed by atoms with Crippen LogP contribution in [0.2, 0.25) is 0 Å². The molecule has 0 spiro atoms. The zero-order valence-electron chi connectivity index (χ0n) is 8.01. The summed E-state index contributed by atoms with van der Waals surface area (Å²) >= 11 is 5.62. The summed E-state index contributed by atoms with van der Waals surface area (Å²) in [5.74, 6) is 0.715. The van der Waals surface area contributed by atoms with E-state index in [0.29, 0.717) is 23.0 Å². The normalized spacial score (nSPS) is 9.57. The van der Waals surface area contributed by atoms with Gasteiger partial charge in [0.2, 0.25) is 0 Å². The maximum atomic E-state index is 5.67. The second-order valence-electron chi connectivity index (χ2n) is 2.87. The van der Waals surface area contributed by atoms with Gasteiger partial charge in [0.05, 0.1) is 13.7 Å². The first-order chi connectivity index (χ1) is 6.61. The van der Waals surface area contributed by atoms with Crippen LogP contribution in [-0.4, -0.2) is 13.7 Å². The number of ether oxygens (including phenoxy) is 1. The van der Waals surface area contributed by atoms with Crippen LogP contribution in [0.15, 0.2) is 29.8 Å². The quantitative estimate of drug-likeness (QED) is 0.754. The zero-order valence-corrected chi connectivity index (χ0v) is 8.77. The number of nitrogens with two attached hydrogens (primary N) is 1. The van der Waals surface area contributed by atoms with Gasteiger partial charge < -0.3 is 15.8 Å². The van der Waals surface area contributed by atoms with Gasteiger partial charge in [0, 0.05) is 28.5 Å². The highest BCUT2D eigenvalue weighted by Gasteiger charge is 1.98. The second kappa shape index (κ2) is 4.77. The summed E-state index contributed by atoms with van der Waals surface area (Å²) in [5.41, 5.74) is 7.18. The van der Waals surface area contributed by atoms with Gasteiger partial charge in [-0.15, -0.1) is 0 Å². The maximum Gasteiger partial charge on any atom is 0.122 e. The summed E-state index contributed by atoms with van der Waals surface area (Å²) in [6.45, 7) is 4.08. The summed E-state index contributed by atoms with van der Waals surface area (Å²) in [7, 11) is 1.60. The van der Waals surface area contributed by atoms with E-state index in [9.17, 15) is 0 Å². The Labute approximate surface area is 88.5 Å². The molecule has 1 rings (SSSR count). The number of hydrogen-bond acceptors (Lipinski definition) is 3. The highest BCUT2D eigenvalue weighted by atomic mass is 35.5. The lowest BCUT2D eigenvalue weighted by atomic mass is 10.2. The van der Waals surface area contributed by atoms with Gasteiger partial charge in [-0.2, -0.15) is 0 Å². The standard InChI is InChI=1S/C10H13ClN2O/c1-7(11)6-13-9-3-8(12)4-10(5-9)14-2/h3-5,13H,1,6,12H2,2H3. The van der Waals surface area contributed by atoms with Crippen LogP contribution in [0.5, 0.6) is 5.75 Å². The SMILES string of the molecule is C=C(Cl)CNc1cc(N)cc(OC)c1. The molecule has 0 saturated heterocycles. The van der Waals surface area contributed by atoms with Crippen LogP contribution < -0.4 is 15.8 Å². The summed E-state index contributed by atoms with van der Waals surface area (Å²) in [6.07, 6.45) is 0. The van der Waals surface area contributed by atoms with Gasteiger partial charge in [-0.25, -0.2) is 0 Å². The Balaban J connectivity index is 2.76. The zero-order chi connectivity index (χ0) is 10.6. The van der Waals surface area contributed by atoms with Crippen molar-refractivity contribution in [2.24, 2.45) is 0 Å². The van der Waals surface area contributed by atoms with Crippen LogP contribution >= 0.6 is 11.6 Å². The van der Waals surface area contributed by atoms with Crippen molar-refractivity contribution in [3.63, 3.8) is 0 Å². The average molecular weight is 213 g/mol. The van der Waals surface area contributed by atoms with E-state index >= 15 is 0 Å². The van der Waals surface area contributed by atoms with Crippen molar-refractivity contribution in [2.45, 2.75) is 0 Å². The number of rotatable bonds is 4. The molecule has 0 radical (unpaired) electrons. The molecule has 1 aromatic carbocycles. The third-order valence-corrected chi connectivity index (χ3v) is 1.78. The summed E-state index contributed by atoms with van der Waals surface area (Å²) in [4.78, 5) is 0. The Morgan fingerprint density at radius 3 is 2.86 bits per heavy atom. The van der Waals surface area contributed by atoms with Crippen LogP contribution in [0.1, 0.15) is 0 Å². The third kappa shape index (κ3) is 3.18. The Hall–Kier alpha value is -1.35. The third-order valence-electron chi connectivity index (χ3n) is 1.65. The molecule has 3 nitrogen and oxygen atoms in total. The Morgan fingerprint density at radius 1 is 1.57 bits per heavy atom. The number of anilines is 2. The molecular weight excluding hydrogens is 200 g/mol. The lowest BCUT2D eigenvalue weighted by molar-refractivity contribution is 0.415. The summed E-state index contributed by atoms with van der Waals surface area (Å²) in [6, 6.07) is 5.40. The van der Waals surface area contributed by atoms with Crippen molar-refractivity contribution < 1.29 is 4.74 Å². The Bertz CT molecular complexity index is 339. The fraction of sp³-hybridized carbons (Fsp3) is 0.200. The van der Waals surface area contributed by atoms with E-state index < -0.39 is 0 Å². The van der Waals surface area contributed by atoms with E-state index in [2.05, 4.69) is 11.9 Å². The van der Waals surface area contributed by atoms with Gasteiger partial charge in [-0.05, 0) is 6.07 Å². The van der Waals surface area contributed by atoms with Crippen molar-refractivity contribution in [3.8, 4) is 5.75 Å². The monoisotopic (exact) mass is 212 g/mol. The molecule has 76 valence electrons. The number of halogens is 1.